The van der Waals surface area contributed by atoms with Gasteiger partial charge in [-0.25, -0.2) is 4.79 Å². The number of carbonyl (C=O) groups excluding carboxylic acids is 2. The van der Waals surface area contributed by atoms with Gasteiger partial charge in [0.2, 0.25) is 0 Å². The summed E-state index contributed by atoms with van der Waals surface area (Å²) in [6.07, 6.45) is 2.32. The van der Waals surface area contributed by atoms with Crippen molar-refractivity contribution in [3.8, 4) is 5.75 Å². The number of carbonyl (C=O) groups is 2. The second-order valence-corrected chi connectivity index (χ2v) is 4.99. The van der Waals surface area contributed by atoms with Crippen molar-refractivity contribution in [2.75, 3.05) is 20.3 Å². The van der Waals surface area contributed by atoms with E-state index in [0.717, 1.165) is 18.6 Å². The van der Waals surface area contributed by atoms with Crippen LogP contribution in [0, 0.1) is 0 Å². The van der Waals surface area contributed by atoms with Crippen molar-refractivity contribution >= 4 is 11.9 Å². The SMILES string of the molecule is CCCCCOC(C)=O.CCOC(=O)C(C)O.COc1ccccc1. The maximum absolute atomic E-state index is 10.3. The molecule has 0 radical (unpaired) electrons. The number of aliphatic hydroxyl groups is 1. The molecule has 0 fully saturated rings. The van der Waals surface area contributed by atoms with Crippen LogP contribution in [-0.4, -0.2) is 43.5 Å². The van der Waals surface area contributed by atoms with Crippen LogP contribution < -0.4 is 4.74 Å². The molecule has 0 saturated carbocycles. The summed E-state index contributed by atoms with van der Waals surface area (Å²) in [7, 11) is 1.66. The third-order valence-corrected chi connectivity index (χ3v) is 2.66. The third kappa shape index (κ3) is 19.9. The van der Waals surface area contributed by atoms with Crippen LogP contribution in [0.15, 0.2) is 30.3 Å². The Morgan fingerprint density at radius 3 is 2.00 bits per heavy atom. The fourth-order valence-electron chi connectivity index (χ4n) is 1.39. The van der Waals surface area contributed by atoms with E-state index in [2.05, 4.69) is 11.7 Å². The van der Waals surface area contributed by atoms with E-state index in [0.29, 0.717) is 13.2 Å². The molecule has 0 bridgehead atoms. The van der Waals surface area contributed by atoms with Gasteiger partial charge in [0.1, 0.15) is 11.9 Å². The summed E-state index contributed by atoms with van der Waals surface area (Å²) in [6.45, 7) is 7.53. The van der Waals surface area contributed by atoms with Crippen LogP contribution in [-0.2, 0) is 19.1 Å². The highest BCUT2D eigenvalue weighted by Gasteiger charge is 2.07. The highest BCUT2D eigenvalue weighted by Crippen LogP contribution is 2.05. The van der Waals surface area contributed by atoms with Crippen molar-refractivity contribution in [1.29, 1.82) is 0 Å². The molecule has 1 aromatic carbocycles. The van der Waals surface area contributed by atoms with Gasteiger partial charge >= 0.3 is 11.9 Å². The minimum Gasteiger partial charge on any atom is -0.497 e. The fourth-order valence-corrected chi connectivity index (χ4v) is 1.39. The van der Waals surface area contributed by atoms with Crippen molar-refractivity contribution in [2.24, 2.45) is 0 Å². The number of esters is 2. The minimum atomic E-state index is -0.991. The molecule has 0 amide bonds. The molecule has 0 aliphatic heterocycles. The molecule has 1 unspecified atom stereocenters. The number of hydrogen-bond acceptors (Lipinski definition) is 6. The monoisotopic (exact) mass is 356 g/mol. The molecular formula is C19H32O6. The molecule has 1 N–H and O–H groups in total. The van der Waals surface area contributed by atoms with Crippen molar-refractivity contribution < 1.29 is 28.9 Å². The number of ether oxygens (including phenoxy) is 3. The summed E-state index contributed by atoms with van der Waals surface area (Å²) in [5.41, 5.74) is 0. The zero-order valence-corrected chi connectivity index (χ0v) is 16.0. The van der Waals surface area contributed by atoms with Crippen LogP contribution in [0.2, 0.25) is 0 Å². The molecular weight excluding hydrogens is 324 g/mol. The van der Waals surface area contributed by atoms with Gasteiger partial charge in [-0.1, -0.05) is 38.0 Å². The van der Waals surface area contributed by atoms with E-state index in [-0.39, 0.29) is 5.97 Å². The summed E-state index contributed by atoms with van der Waals surface area (Å²) >= 11 is 0. The molecule has 0 saturated heterocycles. The van der Waals surface area contributed by atoms with E-state index in [1.54, 1.807) is 14.0 Å². The van der Waals surface area contributed by atoms with Gasteiger partial charge in [0.25, 0.3) is 0 Å². The molecule has 144 valence electrons. The number of aliphatic hydroxyl groups excluding tert-OH is 1. The van der Waals surface area contributed by atoms with Gasteiger partial charge in [0.05, 0.1) is 20.3 Å². The second kappa shape index (κ2) is 18.3. The summed E-state index contributed by atoms with van der Waals surface area (Å²) < 4.78 is 14.0. The minimum absolute atomic E-state index is 0.175. The van der Waals surface area contributed by atoms with Gasteiger partial charge in [-0.2, -0.15) is 0 Å². The van der Waals surface area contributed by atoms with Crippen LogP contribution in [0.25, 0.3) is 0 Å². The van der Waals surface area contributed by atoms with Crippen LogP contribution in [0.1, 0.15) is 47.0 Å². The maximum atomic E-state index is 10.3. The van der Waals surface area contributed by atoms with E-state index >= 15 is 0 Å². The summed E-state index contributed by atoms with van der Waals surface area (Å²) in [5, 5.41) is 8.48. The van der Waals surface area contributed by atoms with Gasteiger partial charge in [0.15, 0.2) is 0 Å². The average Bonchev–Trinajstić information content (AvgIpc) is 2.60. The average molecular weight is 356 g/mol. The molecule has 0 aliphatic carbocycles. The van der Waals surface area contributed by atoms with Gasteiger partial charge in [-0.15, -0.1) is 0 Å². The highest BCUT2D eigenvalue weighted by molar-refractivity contribution is 5.73. The Bertz CT molecular complexity index is 431. The Morgan fingerprint density at radius 1 is 1.08 bits per heavy atom. The summed E-state index contributed by atoms with van der Waals surface area (Å²) in [5.74, 6) is 0.172. The molecule has 1 atom stereocenters. The third-order valence-electron chi connectivity index (χ3n) is 2.66. The van der Waals surface area contributed by atoms with Gasteiger partial charge in [-0.3, -0.25) is 4.79 Å². The summed E-state index contributed by atoms with van der Waals surface area (Å²) in [6, 6.07) is 9.68. The largest absolute Gasteiger partial charge is 0.497 e. The number of unbranched alkanes of at least 4 members (excludes halogenated alkanes) is 2. The van der Waals surface area contributed by atoms with Crippen LogP contribution in [0.3, 0.4) is 0 Å². The van der Waals surface area contributed by atoms with Crippen molar-refractivity contribution in [3.05, 3.63) is 30.3 Å². The topological polar surface area (TPSA) is 82.1 Å². The van der Waals surface area contributed by atoms with Crippen molar-refractivity contribution in [1.82, 2.24) is 0 Å². The van der Waals surface area contributed by atoms with Gasteiger partial charge in [0, 0.05) is 6.92 Å². The smallest absolute Gasteiger partial charge is 0.334 e. The highest BCUT2D eigenvalue weighted by atomic mass is 16.5. The lowest BCUT2D eigenvalue weighted by Crippen LogP contribution is -2.18. The van der Waals surface area contributed by atoms with E-state index in [1.165, 1.54) is 20.3 Å². The molecule has 6 heteroatoms. The molecule has 0 spiro atoms. The zero-order valence-electron chi connectivity index (χ0n) is 16.0. The molecule has 6 nitrogen and oxygen atoms in total. The standard InChI is InChI=1S/C7H14O2.C7H8O.C5H10O3/c1-3-4-5-6-9-7(2)8;1-8-7-5-3-2-4-6-7;1-3-8-5(7)4(2)6/h3-6H2,1-2H3;2-6H,1H3;4,6H,3H2,1-2H3. The Balaban J connectivity index is 0. The van der Waals surface area contributed by atoms with Crippen molar-refractivity contribution in [3.63, 3.8) is 0 Å². The number of rotatable bonds is 7. The molecule has 25 heavy (non-hydrogen) atoms. The first-order chi connectivity index (χ1) is 11.9. The van der Waals surface area contributed by atoms with Gasteiger partial charge < -0.3 is 19.3 Å². The predicted octanol–water partition coefficient (Wildman–Crippen LogP) is 3.37. The number of benzene rings is 1. The Kier molecular flexibility index (Phi) is 18.4. The predicted molar refractivity (Wildman–Crippen MR) is 97.5 cm³/mol. The lowest BCUT2D eigenvalue weighted by molar-refractivity contribution is -0.151. The van der Waals surface area contributed by atoms with Crippen molar-refractivity contribution in [2.45, 2.75) is 53.1 Å². The zero-order chi connectivity index (χ0) is 19.5. The van der Waals surface area contributed by atoms with Crippen LogP contribution in [0.4, 0.5) is 0 Å². The number of hydrogen-bond donors (Lipinski definition) is 1. The first-order valence-corrected chi connectivity index (χ1v) is 8.46. The fraction of sp³-hybridized carbons (Fsp3) is 0.579. The molecule has 1 aromatic rings. The first-order valence-electron chi connectivity index (χ1n) is 8.46. The Morgan fingerprint density at radius 2 is 1.68 bits per heavy atom. The molecule has 1 rings (SSSR count). The van der Waals surface area contributed by atoms with E-state index in [1.807, 2.05) is 30.3 Å². The molecule has 0 aliphatic rings. The quantitative estimate of drug-likeness (QED) is 0.596. The van der Waals surface area contributed by atoms with E-state index in [9.17, 15) is 9.59 Å². The number of para-hydroxylation sites is 1. The normalized spacial score (nSPS) is 10.2. The number of methoxy groups -OCH3 is 1. The van der Waals surface area contributed by atoms with Gasteiger partial charge in [-0.05, 0) is 32.4 Å². The second-order valence-electron chi connectivity index (χ2n) is 4.99. The van der Waals surface area contributed by atoms with Crippen LogP contribution in [0.5, 0.6) is 5.75 Å². The maximum Gasteiger partial charge on any atom is 0.334 e. The Labute approximate surface area is 151 Å². The molecule has 0 heterocycles. The summed E-state index contributed by atoms with van der Waals surface area (Å²) in [4.78, 5) is 20.5. The van der Waals surface area contributed by atoms with E-state index < -0.39 is 12.1 Å². The van der Waals surface area contributed by atoms with Crippen LogP contribution >= 0.6 is 0 Å². The Hall–Kier alpha value is -2.08. The lowest BCUT2D eigenvalue weighted by Gasteiger charge is -2.01. The first kappa shape index (κ1) is 25.2. The lowest BCUT2D eigenvalue weighted by atomic mass is 10.3. The van der Waals surface area contributed by atoms with E-state index in [4.69, 9.17) is 14.6 Å². The molecule has 0 aromatic heterocycles.